The molecule has 1 rings (SSSR count). The van der Waals surface area contributed by atoms with Crippen molar-refractivity contribution >= 4 is 23.5 Å². The van der Waals surface area contributed by atoms with Crippen molar-refractivity contribution in [1.82, 2.24) is 9.55 Å². The van der Waals surface area contributed by atoms with E-state index in [9.17, 15) is 42.8 Å². The second-order valence-electron chi connectivity index (χ2n) is 6.14. The fourth-order valence-electron chi connectivity index (χ4n) is 2.34. The van der Waals surface area contributed by atoms with Crippen molar-refractivity contribution in [3.8, 4) is 0 Å². The number of nitrogens with one attached hydrogen (secondary N) is 1. The van der Waals surface area contributed by atoms with E-state index >= 15 is 0 Å². The predicted molar refractivity (Wildman–Crippen MR) is 103 cm³/mol. The number of phosphoric ester groups is 1. The zero-order valence-electron chi connectivity index (χ0n) is 16.5. The van der Waals surface area contributed by atoms with Crippen LogP contribution in [0.4, 0.5) is 4.39 Å². The van der Waals surface area contributed by atoms with Gasteiger partial charge in [-0.3, -0.25) is 18.9 Å². The van der Waals surface area contributed by atoms with E-state index in [1.54, 1.807) is 4.98 Å². The van der Waals surface area contributed by atoms with Crippen LogP contribution in [0.2, 0.25) is 0 Å². The minimum absolute atomic E-state index is 0.306. The number of hydrogen-bond acceptors (Lipinski definition) is 11. The number of hydrogen-bond donors (Lipinski definition) is 7. The van der Waals surface area contributed by atoms with E-state index in [4.69, 9.17) is 19.4 Å². The molecular weight excluding hydrogens is 524 g/mol. The van der Waals surface area contributed by atoms with Crippen LogP contribution in [-0.2, 0) is 37.3 Å². The lowest BCUT2D eigenvalue weighted by Crippen LogP contribution is -2.63. The fourth-order valence-corrected chi connectivity index (χ4v) is 5.41. The van der Waals surface area contributed by atoms with E-state index in [2.05, 4.69) is 19.7 Å². The molecule has 0 aliphatic heterocycles. The van der Waals surface area contributed by atoms with Crippen molar-refractivity contribution in [1.29, 1.82) is 0 Å². The molecule has 33 heavy (non-hydrogen) atoms. The third-order valence-electron chi connectivity index (χ3n) is 3.93. The first-order valence-electron chi connectivity index (χ1n) is 8.13. The van der Waals surface area contributed by atoms with Gasteiger partial charge in [0.1, 0.15) is 12.8 Å². The molecule has 7 N–H and O–H groups in total. The molecule has 0 saturated heterocycles. The highest BCUT2D eigenvalue weighted by Gasteiger charge is 2.53. The summed E-state index contributed by atoms with van der Waals surface area (Å²) in [4.78, 5) is 60.7. The molecule has 1 heterocycles. The standard InChI is InChI=1S/C12H20FN2O15P3/c1-3-12(19,15-5-4-8(16)14-10(15)18)9(17)11(6-13,27-2)7-28-32(23,24)30-33(25,26)29-31(20,21)22/h3-5,9,17,19H,1,6-7H2,2H3,(H,23,24)(H,25,26)(H,14,16,18)(H2,20,21,22)/t9-,11-,12-/m1/s1. The highest BCUT2D eigenvalue weighted by atomic mass is 31.3. The molecule has 0 saturated carbocycles. The van der Waals surface area contributed by atoms with Crippen molar-refractivity contribution in [2.75, 3.05) is 20.4 Å². The zero-order chi connectivity index (χ0) is 25.9. The summed E-state index contributed by atoms with van der Waals surface area (Å²) >= 11 is 0. The van der Waals surface area contributed by atoms with Crippen LogP contribution in [0.25, 0.3) is 0 Å². The van der Waals surface area contributed by atoms with Crippen molar-refractivity contribution in [2.45, 2.75) is 17.4 Å². The first-order valence-corrected chi connectivity index (χ1v) is 12.6. The Balaban J connectivity index is 3.28. The number of aromatic nitrogens is 2. The fraction of sp³-hybridized carbons (Fsp3) is 0.500. The molecule has 0 radical (unpaired) electrons. The van der Waals surface area contributed by atoms with Crippen LogP contribution in [0.3, 0.4) is 0 Å². The summed E-state index contributed by atoms with van der Waals surface area (Å²) in [6.45, 7) is -0.128. The summed E-state index contributed by atoms with van der Waals surface area (Å²) < 4.78 is 64.2. The van der Waals surface area contributed by atoms with Crippen LogP contribution in [0.1, 0.15) is 0 Å². The summed E-state index contributed by atoms with van der Waals surface area (Å²) in [6.07, 6.45) is -1.34. The summed E-state index contributed by atoms with van der Waals surface area (Å²) in [5.74, 6) is 0. The van der Waals surface area contributed by atoms with Gasteiger partial charge in [-0.25, -0.2) is 22.9 Å². The Bertz CT molecular complexity index is 1110. The lowest BCUT2D eigenvalue weighted by molar-refractivity contribution is -0.215. The third-order valence-corrected chi connectivity index (χ3v) is 7.71. The van der Waals surface area contributed by atoms with Crippen LogP contribution < -0.4 is 11.2 Å². The average Bonchev–Trinajstić information content (AvgIpc) is 2.65. The summed E-state index contributed by atoms with van der Waals surface area (Å²) in [6, 6.07) is 0.749. The lowest BCUT2D eigenvalue weighted by atomic mass is 9.89. The van der Waals surface area contributed by atoms with Gasteiger partial charge in [-0.2, -0.15) is 8.62 Å². The van der Waals surface area contributed by atoms with Gasteiger partial charge in [0.25, 0.3) is 5.56 Å². The number of aliphatic hydroxyl groups is 2. The molecule has 0 spiro atoms. The molecule has 2 unspecified atom stereocenters. The van der Waals surface area contributed by atoms with Crippen LogP contribution in [0.5, 0.6) is 0 Å². The second kappa shape index (κ2) is 10.5. The second-order valence-corrected chi connectivity index (χ2v) is 10.6. The molecule has 0 amide bonds. The van der Waals surface area contributed by atoms with Crippen molar-refractivity contribution in [2.24, 2.45) is 0 Å². The van der Waals surface area contributed by atoms with Crippen molar-refractivity contribution in [3.05, 3.63) is 45.8 Å². The molecule has 0 fully saturated rings. The number of nitrogens with zero attached hydrogens (tertiary/aromatic N) is 1. The summed E-state index contributed by atoms with van der Waals surface area (Å²) in [7, 11) is -16.6. The van der Waals surface area contributed by atoms with Crippen molar-refractivity contribution < 1.29 is 65.8 Å². The molecule has 17 nitrogen and oxygen atoms in total. The molecule has 5 atom stereocenters. The largest absolute Gasteiger partial charge is 0.490 e. The lowest BCUT2D eigenvalue weighted by Gasteiger charge is -2.42. The predicted octanol–water partition coefficient (Wildman–Crippen LogP) is -1.57. The zero-order valence-corrected chi connectivity index (χ0v) is 19.1. The SMILES string of the molecule is C=C[C@@](O)([C@H](O)[C@@](CF)(COP(=O)(O)OP(=O)(O)OP(=O)(O)O)OC)n1ccc(=O)[nH]c1=O. The minimum atomic E-state index is -5.90. The summed E-state index contributed by atoms with van der Waals surface area (Å²) in [5.41, 5.74) is -7.92. The Morgan fingerprint density at radius 3 is 2.21 bits per heavy atom. The van der Waals surface area contributed by atoms with E-state index in [1.807, 2.05) is 0 Å². The monoisotopic (exact) mass is 544 g/mol. The number of methoxy groups -OCH3 is 1. The Morgan fingerprint density at radius 1 is 1.21 bits per heavy atom. The Kier molecular flexibility index (Phi) is 9.44. The van der Waals surface area contributed by atoms with Gasteiger partial charge in [0.2, 0.25) is 0 Å². The Labute approximate surface area is 183 Å². The molecule has 21 heteroatoms. The number of rotatable bonds is 13. The number of phosphoric acid groups is 3. The van der Waals surface area contributed by atoms with E-state index in [0.717, 1.165) is 13.2 Å². The molecule has 0 aliphatic rings. The minimum Gasteiger partial charge on any atom is -0.384 e. The first-order chi connectivity index (χ1) is 14.9. The van der Waals surface area contributed by atoms with Crippen LogP contribution in [0, 0.1) is 0 Å². The quantitative estimate of drug-likeness (QED) is 0.109. The topological polar surface area (TPSA) is 264 Å². The van der Waals surface area contributed by atoms with Gasteiger partial charge in [-0.1, -0.05) is 6.58 Å². The van der Waals surface area contributed by atoms with Gasteiger partial charge >= 0.3 is 29.2 Å². The average molecular weight is 544 g/mol. The van der Waals surface area contributed by atoms with Crippen molar-refractivity contribution in [3.63, 3.8) is 0 Å². The number of H-pyrrole nitrogens is 1. The molecule has 190 valence electrons. The van der Waals surface area contributed by atoms with Crippen LogP contribution >= 0.6 is 23.5 Å². The van der Waals surface area contributed by atoms with Gasteiger partial charge < -0.3 is 34.5 Å². The van der Waals surface area contributed by atoms with Gasteiger partial charge in [0, 0.05) is 19.4 Å². The maximum Gasteiger partial charge on any atom is 0.490 e. The number of ether oxygens (including phenoxy) is 1. The van der Waals surface area contributed by atoms with Gasteiger partial charge in [0.15, 0.2) is 11.3 Å². The number of halogens is 1. The highest BCUT2D eigenvalue weighted by molar-refractivity contribution is 7.66. The number of aromatic amines is 1. The molecule has 0 bridgehead atoms. The molecule has 1 aromatic rings. The van der Waals surface area contributed by atoms with Crippen LogP contribution in [-0.4, -0.2) is 71.4 Å². The van der Waals surface area contributed by atoms with E-state index in [0.29, 0.717) is 16.8 Å². The normalized spacial score (nSPS) is 20.6. The third kappa shape index (κ3) is 7.56. The Morgan fingerprint density at radius 2 is 1.79 bits per heavy atom. The maximum absolute atomic E-state index is 13.9. The number of alkyl halides is 1. The van der Waals surface area contributed by atoms with E-state index in [1.165, 1.54) is 0 Å². The summed E-state index contributed by atoms with van der Waals surface area (Å²) in [5, 5.41) is 21.4. The molecule has 1 aromatic heterocycles. The highest BCUT2D eigenvalue weighted by Crippen LogP contribution is 2.66. The van der Waals surface area contributed by atoms with Gasteiger partial charge in [0.05, 0.1) is 6.61 Å². The maximum atomic E-state index is 13.9. The van der Waals surface area contributed by atoms with Gasteiger partial charge in [-0.05, 0) is 6.08 Å². The van der Waals surface area contributed by atoms with Crippen LogP contribution in [0.15, 0.2) is 34.5 Å². The van der Waals surface area contributed by atoms with Gasteiger partial charge in [-0.15, -0.1) is 0 Å². The first kappa shape index (κ1) is 29.7. The number of aliphatic hydroxyl groups excluding tert-OH is 1. The molecule has 0 aliphatic carbocycles. The Hall–Kier alpha value is -1.36. The molecular formula is C12H20FN2O15P3. The molecule has 0 aromatic carbocycles. The van der Waals surface area contributed by atoms with E-state index in [-0.39, 0.29) is 0 Å². The smallest absolute Gasteiger partial charge is 0.384 e. The van der Waals surface area contributed by atoms with E-state index < -0.39 is 65.4 Å².